The molecule has 7 heteroatoms. The maximum absolute atomic E-state index is 11.6. The van der Waals surface area contributed by atoms with Crippen molar-refractivity contribution < 1.29 is 14.4 Å². The highest BCUT2D eigenvalue weighted by Crippen LogP contribution is 2.13. The van der Waals surface area contributed by atoms with E-state index < -0.39 is 5.97 Å². The van der Waals surface area contributed by atoms with Crippen LogP contribution in [0, 0.1) is 0 Å². The molecule has 0 saturated carbocycles. The molecule has 0 saturated heterocycles. The molecule has 0 unspecified atom stereocenters. The Morgan fingerprint density at radius 2 is 2.35 bits per heavy atom. The largest absolute Gasteiger partial charge is 0.461 e. The molecule has 2 N–H and O–H groups in total. The van der Waals surface area contributed by atoms with E-state index in [4.69, 9.17) is 15.3 Å². The van der Waals surface area contributed by atoms with Gasteiger partial charge in [-0.3, -0.25) is 0 Å². The Bertz CT molecular complexity index is 403. The summed E-state index contributed by atoms with van der Waals surface area (Å²) in [7, 11) is 0. The Morgan fingerprint density at radius 3 is 2.88 bits per heavy atom. The van der Waals surface area contributed by atoms with Crippen LogP contribution in [0.1, 0.15) is 26.0 Å². The lowest BCUT2D eigenvalue weighted by molar-refractivity contribution is -0.135. The van der Waals surface area contributed by atoms with Crippen LogP contribution >= 0.6 is 11.3 Å². The number of ether oxygens (including phenoxy) is 1. The van der Waals surface area contributed by atoms with E-state index in [9.17, 15) is 4.79 Å². The van der Waals surface area contributed by atoms with Gasteiger partial charge in [-0.15, -0.1) is 11.3 Å². The minimum atomic E-state index is -0.561. The van der Waals surface area contributed by atoms with Crippen molar-refractivity contribution in [2.45, 2.75) is 20.3 Å². The molecule has 1 heterocycles. The minimum absolute atomic E-state index is 0.0493. The van der Waals surface area contributed by atoms with E-state index in [2.05, 4.69) is 10.1 Å². The highest BCUT2D eigenvalue weighted by atomic mass is 32.1. The predicted molar refractivity (Wildman–Crippen MR) is 65.9 cm³/mol. The van der Waals surface area contributed by atoms with Crippen LogP contribution in [0.2, 0.25) is 0 Å². The number of nitrogens with zero attached hydrogens (tertiary/aromatic N) is 2. The number of carbonyl (C=O) groups is 1. The highest BCUT2D eigenvalue weighted by Gasteiger charge is 2.19. The third-order valence-electron chi connectivity index (χ3n) is 1.68. The number of carbonyl (C=O) groups excluding carboxylic acids is 1. The van der Waals surface area contributed by atoms with Gasteiger partial charge in [-0.25, -0.2) is 9.78 Å². The van der Waals surface area contributed by atoms with Crippen molar-refractivity contribution in [2.24, 2.45) is 5.16 Å². The lowest BCUT2D eigenvalue weighted by atomic mass is 10.3. The Balaban J connectivity index is 2.86. The van der Waals surface area contributed by atoms with E-state index in [-0.39, 0.29) is 12.3 Å². The molecule has 0 aliphatic carbocycles. The first-order valence-electron chi connectivity index (χ1n) is 5.27. The van der Waals surface area contributed by atoms with Crippen LogP contribution < -0.4 is 5.73 Å². The molecule has 1 rings (SSSR count). The first kappa shape index (κ1) is 13.4. The van der Waals surface area contributed by atoms with Gasteiger partial charge in [-0.1, -0.05) is 12.1 Å². The molecule has 0 aliphatic rings. The van der Waals surface area contributed by atoms with E-state index in [1.54, 1.807) is 12.3 Å². The average molecular weight is 257 g/mol. The number of oxime groups is 1. The summed E-state index contributed by atoms with van der Waals surface area (Å²) in [4.78, 5) is 20.6. The molecule has 0 fully saturated rings. The number of nitrogen functional groups attached to an aromatic ring is 1. The molecule has 94 valence electrons. The first-order chi connectivity index (χ1) is 8.19. The number of thiazole rings is 1. The summed E-state index contributed by atoms with van der Waals surface area (Å²) in [5.74, 6) is -0.561. The average Bonchev–Trinajstić information content (AvgIpc) is 2.71. The number of anilines is 1. The quantitative estimate of drug-likeness (QED) is 0.360. The fraction of sp³-hybridized carbons (Fsp3) is 0.500. The summed E-state index contributed by atoms with van der Waals surface area (Å²) in [6, 6.07) is 0. The Morgan fingerprint density at radius 1 is 1.59 bits per heavy atom. The molecule has 0 radical (unpaired) electrons. The van der Waals surface area contributed by atoms with Crippen LogP contribution in [0.15, 0.2) is 10.5 Å². The van der Waals surface area contributed by atoms with Crippen LogP contribution in [0.25, 0.3) is 0 Å². The van der Waals surface area contributed by atoms with Gasteiger partial charge in [0.25, 0.3) is 0 Å². The van der Waals surface area contributed by atoms with Gasteiger partial charge < -0.3 is 15.3 Å². The number of rotatable bonds is 6. The second-order valence-corrected chi connectivity index (χ2v) is 3.95. The number of aromatic nitrogens is 1. The van der Waals surface area contributed by atoms with Crippen LogP contribution in [-0.4, -0.2) is 29.9 Å². The number of esters is 1. The summed E-state index contributed by atoms with van der Waals surface area (Å²) in [6.07, 6.45) is 0.804. The fourth-order valence-electron chi connectivity index (χ4n) is 0.986. The van der Waals surface area contributed by atoms with Crippen molar-refractivity contribution in [3.05, 3.63) is 11.1 Å². The zero-order valence-corrected chi connectivity index (χ0v) is 10.6. The fourth-order valence-corrected chi connectivity index (χ4v) is 1.53. The van der Waals surface area contributed by atoms with Crippen LogP contribution in [0.4, 0.5) is 5.13 Å². The number of hydrogen-bond acceptors (Lipinski definition) is 7. The lowest BCUT2D eigenvalue weighted by Crippen LogP contribution is -2.20. The topological polar surface area (TPSA) is 86.8 Å². The SMILES string of the molecule is CCCON=C(C(=O)OCC)c1csc(N)n1. The molecule has 0 amide bonds. The molecule has 1 aromatic heterocycles. The normalized spacial score (nSPS) is 11.3. The summed E-state index contributed by atoms with van der Waals surface area (Å²) in [5.41, 5.74) is 5.93. The van der Waals surface area contributed by atoms with Crippen LogP contribution in [-0.2, 0) is 14.4 Å². The smallest absolute Gasteiger partial charge is 0.362 e. The van der Waals surface area contributed by atoms with Gasteiger partial charge in [0.15, 0.2) is 5.13 Å². The zero-order chi connectivity index (χ0) is 12.7. The molecule has 0 bridgehead atoms. The first-order valence-corrected chi connectivity index (χ1v) is 6.15. The highest BCUT2D eigenvalue weighted by molar-refractivity contribution is 7.13. The van der Waals surface area contributed by atoms with E-state index >= 15 is 0 Å². The molecular formula is C10H15N3O3S. The molecule has 6 nitrogen and oxygen atoms in total. The predicted octanol–water partition coefficient (Wildman–Crippen LogP) is 1.42. The van der Waals surface area contributed by atoms with Crippen molar-refractivity contribution in [3.8, 4) is 0 Å². The zero-order valence-electron chi connectivity index (χ0n) is 9.80. The Labute approximate surface area is 103 Å². The van der Waals surface area contributed by atoms with E-state index in [1.165, 1.54) is 11.3 Å². The Hall–Kier alpha value is -1.63. The molecule has 0 atom stereocenters. The van der Waals surface area contributed by atoms with Gasteiger partial charge in [0, 0.05) is 5.38 Å². The molecule has 1 aromatic rings. The summed E-state index contributed by atoms with van der Waals surface area (Å²) in [6.45, 7) is 4.37. The Kier molecular flexibility index (Phi) is 5.41. The second-order valence-electron chi connectivity index (χ2n) is 3.06. The van der Waals surface area contributed by atoms with Gasteiger partial charge in [0.05, 0.1) is 6.61 Å². The summed E-state index contributed by atoms with van der Waals surface area (Å²) >= 11 is 1.23. The summed E-state index contributed by atoms with van der Waals surface area (Å²) < 4.78 is 4.87. The molecule has 0 spiro atoms. The van der Waals surface area contributed by atoms with Crippen LogP contribution in [0.5, 0.6) is 0 Å². The van der Waals surface area contributed by atoms with E-state index in [0.717, 1.165) is 6.42 Å². The maximum Gasteiger partial charge on any atom is 0.362 e. The third kappa shape index (κ3) is 4.03. The van der Waals surface area contributed by atoms with E-state index in [0.29, 0.717) is 17.4 Å². The third-order valence-corrected chi connectivity index (χ3v) is 2.36. The number of hydrogen-bond donors (Lipinski definition) is 1. The van der Waals surface area contributed by atoms with Gasteiger partial charge in [0.1, 0.15) is 12.3 Å². The van der Waals surface area contributed by atoms with E-state index in [1.807, 2.05) is 6.92 Å². The second kappa shape index (κ2) is 6.85. The standard InChI is InChI=1S/C10H15N3O3S/c1-3-5-16-13-8(9(14)15-4-2)7-6-17-10(11)12-7/h6H,3-5H2,1-2H3,(H2,11,12). The number of nitrogens with two attached hydrogens (primary N) is 1. The monoisotopic (exact) mass is 257 g/mol. The van der Waals surface area contributed by atoms with Gasteiger partial charge >= 0.3 is 5.97 Å². The van der Waals surface area contributed by atoms with Crippen LogP contribution in [0.3, 0.4) is 0 Å². The van der Waals surface area contributed by atoms with Gasteiger partial charge in [0.2, 0.25) is 5.71 Å². The van der Waals surface area contributed by atoms with Gasteiger partial charge in [-0.2, -0.15) is 0 Å². The lowest BCUT2D eigenvalue weighted by Gasteiger charge is -2.03. The van der Waals surface area contributed by atoms with Gasteiger partial charge in [-0.05, 0) is 13.3 Å². The molecule has 0 aliphatic heterocycles. The van der Waals surface area contributed by atoms with Crippen molar-refractivity contribution in [2.75, 3.05) is 18.9 Å². The molecule has 0 aromatic carbocycles. The molecular weight excluding hydrogens is 242 g/mol. The summed E-state index contributed by atoms with van der Waals surface area (Å²) in [5, 5.41) is 5.75. The van der Waals surface area contributed by atoms with Crippen molar-refractivity contribution in [1.82, 2.24) is 4.98 Å². The van der Waals surface area contributed by atoms with Crippen molar-refractivity contribution in [3.63, 3.8) is 0 Å². The van der Waals surface area contributed by atoms with Crippen molar-refractivity contribution >= 4 is 28.1 Å². The van der Waals surface area contributed by atoms with Crippen molar-refractivity contribution in [1.29, 1.82) is 0 Å². The molecule has 17 heavy (non-hydrogen) atoms. The maximum atomic E-state index is 11.6. The minimum Gasteiger partial charge on any atom is -0.461 e.